The third-order valence-corrected chi connectivity index (χ3v) is 13.1. The van der Waals surface area contributed by atoms with E-state index in [4.69, 9.17) is 0 Å². The maximum absolute atomic E-state index is 12.9. The van der Waals surface area contributed by atoms with Gasteiger partial charge in [-0.25, -0.2) is 0 Å². The minimum atomic E-state index is -0.141. The number of hydrogen-bond acceptors (Lipinski definition) is 1. The van der Waals surface area contributed by atoms with E-state index in [0.717, 1.165) is 36.5 Å². The molecule has 1 heteroatoms. The molecule has 0 amide bonds. The first-order valence-electron chi connectivity index (χ1n) is 13.6. The van der Waals surface area contributed by atoms with Crippen molar-refractivity contribution >= 4 is 5.78 Å². The van der Waals surface area contributed by atoms with Crippen LogP contribution in [0.4, 0.5) is 0 Å². The van der Waals surface area contributed by atoms with E-state index in [2.05, 4.69) is 61.5 Å². The summed E-state index contributed by atoms with van der Waals surface area (Å²) in [7, 11) is 0. The fourth-order valence-electron chi connectivity index (χ4n) is 10.7. The molecule has 1 nitrogen and oxygen atoms in total. The Morgan fingerprint density at radius 1 is 0.839 bits per heavy atom. The lowest BCUT2D eigenvalue weighted by atomic mass is 9.33. The van der Waals surface area contributed by atoms with Crippen LogP contribution in [0.3, 0.4) is 0 Å². The minimum Gasteiger partial charge on any atom is -0.299 e. The summed E-state index contributed by atoms with van der Waals surface area (Å²) < 4.78 is 0. The van der Waals surface area contributed by atoms with Crippen LogP contribution in [0.25, 0.3) is 0 Å². The number of carbonyl (C=O) groups is 1. The van der Waals surface area contributed by atoms with Crippen LogP contribution in [-0.2, 0) is 4.79 Å². The van der Waals surface area contributed by atoms with E-state index in [1.165, 1.54) is 44.9 Å². The normalized spacial score (nSPS) is 55.9. The van der Waals surface area contributed by atoms with Crippen LogP contribution >= 0.6 is 0 Å². The van der Waals surface area contributed by atoms with Crippen LogP contribution in [0, 0.1) is 56.7 Å². The van der Waals surface area contributed by atoms with E-state index in [1.807, 2.05) is 5.57 Å². The molecular formula is C30H48O. The number of allylic oxidation sites excluding steroid dienone is 2. The van der Waals surface area contributed by atoms with Crippen molar-refractivity contribution in [1.29, 1.82) is 0 Å². The van der Waals surface area contributed by atoms with Gasteiger partial charge < -0.3 is 0 Å². The van der Waals surface area contributed by atoms with Gasteiger partial charge in [-0.05, 0) is 103 Å². The fraction of sp³-hybridized carbons (Fsp3) is 0.900. The minimum absolute atomic E-state index is 0.141. The molecular weight excluding hydrogens is 376 g/mol. The molecule has 1 unspecified atom stereocenters. The summed E-state index contributed by atoms with van der Waals surface area (Å²) >= 11 is 0. The van der Waals surface area contributed by atoms with E-state index >= 15 is 0 Å². The Morgan fingerprint density at radius 3 is 2.26 bits per heavy atom. The summed E-state index contributed by atoms with van der Waals surface area (Å²) in [5.41, 5.74) is 3.26. The quantitative estimate of drug-likeness (QED) is 0.358. The number of Topliss-reactive ketones (excluding diaryl/α,β-unsaturated/α-hetero) is 1. The molecule has 0 aliphatic heterocycles. The molecule has 4 fully saturated rings. The average molecular weight is 425 g/mol. The van der Waals surface area contributed by atoms with Gasteiger partial charge >= 0.3 is 0 Å². The Morgan fingerprint density at radius 2 is 1.55 bits per heavy atom. The second-order valence-electron chi connectivity index (χ2n) is 14.4. The molecule has 9 atom stereocenters. The van der Waals surface area contributed by atoms with Crippen LogP contribution in [0.1, 0.15) is 113 Å². The summed E-state index contributed by atoms with van der Waals surface area (Å²) in [6.07, 6.45) is 14.1. The zero-order valence-corrected chi connectivity index (χ0v) is 21.7. The van der Waals surface area contributed by atoms with Crippen LogP contribution < -0.4 is 0 Å². The zero-order valence-electron chi connectivity index (χ0n) is 21.7. The molecule has 0 aromatic heterocycles. The standard InChI is InChI=1S/C30H48O/c1-19-11-14-27(5)17-18-29(7)21(25(27)20(19)2)9-10-23-28(6)15-13-24(31)26(3,4)22(28)12-16-30(23,29)8/h9,19-20,22-23,25H,10-18H2,1-8H3/t19-,20+,22+,23?,25+,27-,28+,29-,30-/m1/s1. The van der Waals surface area contributed by atoms with E-state index in [0.29, 0.717) is 33.4 Å². The zero-order chi connectivity index (χ0) is 22.6. The van der Waals surface area contributed by atoms with Gasteiger partial charge in [0.1, 0.15) is 5.78 Å². The topological polar surface area (TPSA) is 17.1 Å². The van der Waals surface area contributed by atoms with Gasteiger partial charge in [0, 0.05) is 11.8 Å². The predicted octanol–water partition coefficient (Wildman–Crippen LogP) is 8.23. The van der Waals surface area contributed by atoms with Gasteiger partial charge in [-0.2, -0.15) is 0 Å². The maximum Gasteiger partial charge on any atom is 0.138 e. The first kappa shape index (κ1) is 22.2. The highest BCUT2D eigenvalue weighted by Crippen LogP contribution is 2.75. The van der Waals surface area contributed by atoms with Gasteiger partial charge in [0.15, 0.2) is 0 Å². The predicted molar refractivity (Wildman–Crippen MR) is 130 cm³/mol. The molecule has 5 aliphatic rings. The molecule has 0 spiro atoms. The van der Waals surface area contributed by atoms with Crippen molar-refractivity contribution in [3.63, 3.8) is 0 Å². The summed E-state index contributed by atoms with van der Waals surface area (Å²) in [5.74, 6) is 4.24. The highest BCUT2D eigenvalue weighted by Gasteiger charge is 2.68. The van der Waals surface area contributed by atoms with Gasteiger partial charge in [0.05, 0.1) is 0 Å². The molecule has 0 aromatic rings. The van der Waals surface area contributed by atoms with Crippen molar-refractivity contribution in [2.24, 2.45) is 56.7 Å². The molecule has 174 valence electrons. The molecule has 5 rings (SSSR count). The monoisotopic (exact) mass is 424 g/mol. The van der Waals surface area contributed by atoms with Crippen LogP contribution in [0.15, 0.2) is 11.6 Å². The molecule has 0 bridgehead atoms. The van der Waals surface area contributed by atoms with E-state index < -0.39 is 0 Å². The number of rotatable bonds is 0. The summed E-state index contributed by atoms with van der Waals surface area (Å²) in [4.78, 5) is 12.9. The lowest BCUT2D eigenvalue weighted by Crippen LogP contribution is -2.64. The summed E-state index contributed by atoms with van der Waals surface area (Å²) in [6.45, 7) is 20.2. The second kappa shape index (κ2) is 6.50. The van der Waals surface area contributed by atoms with E-state index in [9.17, 15) is 4.79 Å². The van der Waals surface area contributed by atoms with Crippen LogP contribution in [0.2, 0.25) is 0 Å². The maximum atomic E-state index is 12.9. The van der Waals surface area contributed by atoms with Gasteiger partial charge in [-0.15, -0.1) is 0 Å². The molecule has 0 N–H and O–H groups in total. The molecule has 5 aliphatic carbocycles. The summed E-state index contributed by atoms with van der Waals surface area (Å²) in [6, 6.07) is 0. The highest BCUT2D eigenvalue weighted by molar-refractivity contribution is 5.85. The smallest absolute Gasteiger partial charge is 0.138 e. The van der Waals surface area contributed by atoms with Crippen molar-refractivity contribution in [2.45, 2.75) is 113 Å². The van der Waals surface area contributed by atoms with Crippen molar-refractivity contribution in [3.8, 4) is 0 Å². The van der Waals surface area contributed by atoms with Crippen LogP contribution in [-0.4, -0.2) is 5.78 Å². The van der Waals surface area contributed by atoms with Crippen molar-refractivity contribution < 1.29 is 4.79 Å². The first-order chi connectivity index (χ1) is 14.3. The largest absolute Gasteiger partial charge is 0.299 e. The van der Waals surface area contributed by atoms with Crippen molar-refractivity contribution in [1.82, 2.24) is 0 Å². The Hall–Kier alpha value is -0.590. The number of carbonyl (C=O) groups excluding carboxylic acids is 1. The lowest BCUT2D eigenvalue weighted by Gasteiger charge is -2.71. The molecule has 0 heterocycles. The summed E-state index contributed by atoms with van der Waals surface area (Å²) in [5, 5.41) is 0. The third-order valence-electron chi connectivity index (χ3n) is 13.1. The van der Waals surface area contributed by atoms with Gasteiger partial charge in [0.25, 0.3) is 0 Å². The Balaban J connectivity index is 1.60. The lowest BCUT2D eigenvalue weighted by molar-refractivity contribution is -0.185. The van der Waals surface area contributed by atoms with Gasteiger partial charge in [-0.3, -0.25) is 4.79 Å². The van der Waals surface area contributed by atoms with E-state index in [-0.39, 0.29) is 5.41 Å². The number of fused-ring (bicyclic) bond motifs is 7. The fourth-order valence-corrected chi connectivity index (χ4v) is 10.7. The third kappa shape index (κ3) is 2.59. The highest BCUT2D eigenvalue weighted by atomic mass is 16.1. The molecule has 31 heavy (non-hydrogen) atoms. The molecule has 0 radical (unpaired) electrons. The molecule has 0 aromatic carbocycles. The van der Waals surface area contributed by atoms with Crippen LogP contribution in [0.5, 0.6) is 0 Å². The van der Waals surface area contributed by atoms with Crippen molar-refractivity contribution in [2.75, 3.05) is 0 Å². The Kier molecular flexibility index (Phi) is 4.66. The number of ketones is 1. The second-order valence-corrected chi connectivity index (χ2v) is 14.4. The Labute approximate surface area is 192 Å². The van der Waals surface area contributed by atoms with Gasteiger partial charge in [-0.1, -0.05) is 67.0 Å². The number of hydrogen-bond donors (Lipinski definition) is 0. The van der Waals surface area contributed by atoms with Crippen molar-refractivity contribution in [3.05, 3.63) is 11.6 Å². The van der Waals surface area contributed by atoms with Gasteiger partial charge in [0.2, 0.25) is 0 Å². The molecule has 0 saturated heterocycles. The molecule has 4 saturated carbocycles. The Bertz CT molecular complexity index is 820. The van der Waals surface area contributed by atoms with E-state index in [1.54, 1.807) is 0 Å². The average Bonchev–Trinajstić information content (AvgIpc) is 2.69. The SMILES string of the molecule is C[C@H]1[C@H](C)CC[C@]2(C)CC[C@]3(C)C(=CCC4[C@@]5(C)CCC(=O)C(C)(C)[C@@H]5CC[C@]43C)[C@H]12. The first-order valence-corrected chi connectivity index (χ1v) is 13.6.